The number of nitrogens with one attached hydrogen (secondary N) is 1. The van der Waals surface area contributed by atoms with Crippen molar-refractivity contribution in [2.45, 2.75) is 20.1 Å². The van der Waals surface area contributed by atoms with Gasteiger partial charge in [-0.05, 0) is 66.1 Å². The second kappa shape index (κ2) is 13.1. The molecule has 0 unspecified atom stereocenters. The molecule has 0 spiro atoms. The molecule has 0 bridgehead atoms. The molecule has 2 N–H and O–H groups in total. The first kappa shape index (κ1) is 27.3. The number of benzene rings is 3. The van der Waals surface area contributed by atoms with Crippen molar-refractivity contribution in [1.29, 1.82) is 5.26 Å². The molecule has 3 rings (SSSR count). The summed E-state index contributed by atoms with van der Waals surface area (Å²) in [5, 5.41) is 21.4. The Bertz CT molecular complexity index is 1330. The molecule has 0 saturated carbocycles. The van der Waals surface area contributed by atoms with Crippen molar-refractivity contribution in [2.24, 2.45) is 0 Å². The van der Waals surface area contributed by atoms with E-state index in [1.165, 1.54) is 18.2 Å². The van der Waals surface area contributed by atoms with Gasteiger partial charge in [-0.25, -0.2) is 4.79 Å². The summed E-state index contributed by atoms with van der Waals surface area (Å²) in [6.45, 7) is 2.66. The maximum atomic E-state index is 12.7. The molecule has 0 aromatic heterocycles. The zero-order valence-electron chi connectivity index (χ0n) is 20.3. The third-order valence-corrected chi connectivity index (χ3v) is 5.92. The highest BCUT2D eigenvalue weighted by atomic mass is 79.9. The van der Waals surface area contributed by atoms with Gasteiger partial charge >= 0.3 is 5.97 Å². The number of nitrogens with zero attached hydrogens (tertiary/aromatic N) is 1. The van der Waals surface area contributed by atoms with Crippen LogP contribution in [0.1, 0.15) is 34.0 Å². The number of carboxylic acids is 1. The van der Waals surface area contributed by atoms with Crippen LogP contribution in [0.15, 0.2) is 70.7 Å². The topological polar surface area (TPSA) is 118 Å². The van der Waals surface area contributed by atoms with Crippen LogP contribution < -0.4 is 19.5 Å². The zero-order valence-corrected chi connectivity index (χ0v) is 21.9. The van der Waals surface area contributed by atoms with Gasteiger partial charge in [-0.2, -0.15) is 5.26 Å². The Balaban J connectivity index is 1.75. The molecule has 9 heteroatoms. The molecule has 0 aliphatic rings. The number of carbonyl (C=O) groups excluding carboxylic acids is 1. The van der Waals surface area contributed by atoms with E-state index >= 15 is 0 Å². The van der Waals surface area contributed by atoms with Crippen molar-refractivity contribution in [1.82, 2.24) is 5.32 Å². The van der Waals surface area contributed by atoms with Crippen LogP contribution in [0, 0.1) is 11.3 Å². The highest BCUT2D eigenvalue weighted by Crippen LogP contribution is 2.35. The van der Waals surface area contributed by atoms with E-state index in [9.17, 15) is 14.9 Å². The summed E-state index contributed by atoms with van der Waals surface area (Å²) >= 11 is 3.48. The monoisotopic (exact) mass is 564 g/mol. The van der Waals surface area contributed by atoms with Gasteiger partial charge in [0, 0.05) is 11.0 Å². The first-order valence-electron chi connectivity index (χ1n) is 11.3. The van der Waals surface area contributed by atoms with Gasteiger partial charge in [0.05, 0.1) is 19.3 Å². The highest BCUT2D eigenvalue weighted by Gasteiger charge is 2.14. The van der Waals surface area contributed by atoms with Crippen LogP contribution in [0.5, 0.6) is 17.2 Å². The van der Waals surface area contributed by atoms with Gasteiger partial charge in [-0.3, -0.25) is 4.79 Å². The van der Waals surface area contributed by atoms with Gasteiger partial charge in [0.25, 0.3) is 5.91 Å². The van der Waals surface area contributed by atoms with Gasteiger partial charge in [0.15, 0.2) is 11.5 Å². The van der Waals surface area contributed by atoms with Crippen LogP contribution in [-0.4, -0.2) is 30.7 Å². The van der Waals surface area contributed by atoms with Crippen molar-refractivity contribution in [2.75, 3.05) is 13.7 Å². The van der Waals surface area contributed by atoms with Gasteiger partial charge in [0.1, 0.15) is 24.0 Å². The van der Waals surface area contributed by atoms with Crippen LogP contribution in [0.4, 0.5) is 0 Å². The van der Waals surface area contributed by atoms with E-state index in [1.807, 2.05) is 25.1 Å². The average Bonchev–Trinajstić information content (AvgIpc) is 2.91. The number of hydrogen-bond donors (Lipinski definition) is 2. The minimum atomic E-state index is -0.996. The Labute approximate surface area is 223 Å². The number of aromatic carboxylic acids is 1. The minimum absolute atomic E-state index is 0.0659. The number of methoxy groups -OCH3 is 1. The fraction of sp³-hybridized carbons (Fsp3) is 0.179. The summed E-state index contributed by atoms with van der Waals surface area (Å²) in [7, 11) is 1.58. The quantitative estimate of drug-likeness (QED) is 0.238. The van der Waals surface area contributed by atoms with Crippen molar-refractivity contribution in [3.8, 4) is 23.3 Å². The standard InChI is InChI=1S/C28H25BrN2O6/c1-3-36-25-13-21(12-22(15-30)27(32)31-16-18-6-10-23(35-2)11-7-18)24(29)14-26(25)37-17-19-4-8-20(9-5-19)28(33)34/h4-14H,3,16-17H2,1-2H3,(H,31,32)(H,33,34)/b22-12-. The number of carboxylic acid groups (broad SMARTS) is 1. The Hall–Kier alpha value is -4.29. The predicted molar refractivity (Wildman–Crippen MR) is 141 cm³/mol. The van der Waals surface area contributed by atoms with Crippen LogP contribution in [-0.2, 0) is 17.9 Å². The first-order valence-corrected chi connectivity index (χ1v) is 12.1. The van der Waals surface area contributed by atoms with Crippen LogP contribution in [0.2, 0.25) is 0 Å². The fourth-order valence-corrected chi connectivity index (χ4v) is 3.71. The summed E-state index contributed by atoms with van der Waals surface area (Å²) < 4.78 is 17.4. The average molecular weight is 565 g/mol. The molecular formula is C28H25BrN2O6. The van der Waals surface area contributed by atoms with E-state index in [0.29, 0.717) is 33.9 Å². The highest BCUT2D eigenvalue weighted by molar-refractivity contribution is 9.10. The second-order valence-electron chi connectivity index (χ2n) is 7.74. The Morgan fingerprint density at radius 1 is 1.03 bits per heavy atom. The van der Waals surface area contributed by atoms with E-state index in [2.05, 4.69) is 21.2 Å². The zero-order chi connectivity index (χ0) is 26.8. The Morgan fingerprint density at radius 2 is 1.68 bits per heavy atom. The second-order valence-corrected chi connectivity index (χ2v) is 8.60. The lowest BCUT2D eigenvalue weighted by atomic mass is 10.1. The molecule has 0 radical (unpaired) electrons. The lowest BCUT2D eigenvalue weighted by Gasteiger charge is -2.14. The summed E-state index contributed by atoms with van der Waals surface area (Å²) in [6, 6.07) is 19.0. The largest absolute Gasteiger partial charge is 0.497 e. The molecule has 3 aromatic rings. The third-order valence-electron chi connectivity index (χ3n) is 5.24. The molecule has 190 valence electrons. The molecule has 0 aliphatic carbocycles. The Kier molecular flexibility index (Phi) is 9.69. The number of halogens is 1. The van der Waals surface area contributed by atoms with E-state index in [1.54, 1.807) is 43.5 Å². The smallest absolute Gasteiger partial charge is 0.335 e. The SMILES string of the molecule is CCOc1cc(/C=C(/C#N)C(=O)NCc2ccc(OC)cc2)c(Br)cc1OCc1ccc(C(=O)O)cc1. The van der Waals surface area contributed by atoms with Gasteiger partial charge in [-0.15, -0.1) is 0 Å². The predicted octanol–water partition coefficient (Wildman–Crippen LogP) is 5.36. The number of ether oxygens (including phenoxy) is 3. The minimum Gasteiger partial charge on any atom is -0.497 e. The van der Waals surface area contributed by atoms with E-state index in [-0.39, 0.29) is 24.3 Å². The number of hydrogen-bond acceptors (Lipinski definition) is 6. The third kappa shape index (κ3) is 7.59. The van der Waals surface area contributed by atoms with E-state index in [4.69, 9.17) is 19.3 Å². The molecule has 3 aromatic carbocycles. The van der Waals surface area contributed by atoms with Crippen LogP contribution >= 0.6 is 15.9 Å². The maximum absolute atomic E-state index is 12.7. The molecule has 0 saturated heterocycles. The molecule has 1 amide bonds. The summed E-state index contributed by atoms with van der Waals surface area (Å²) in [6.07, 6.45) is 1.48. The summed E-state index contributed by atoms with van der Waals surface area (Å²) in [5.74, 6) is 0.106. The lowest BCUT2D eigenvalue weighted by Crippen LogP contribution is -2.23. The van der Waals surface area contributed by atoms with E-state index < -0.39 is 11.9 Å². The first-order chi connectivity index (χ1) is 17.8. The lowest BCUT2D eigenvalue weighted by molar-refractivity contribution is -0.117. The van der Waals surface area contributed by atoms with Crippen LogP contribution in [0.3, 0.4) is 0 Å². The molecule has 0 fully saturated rings. The number of rotatable bonds is 11. The number of carbonyl (C=O) groups is 2. The summed E-state index contributed by atoms with van der Waals surface area (Å²) in [4.78, 5) is 23.7. The van der Waals surface area contributed by atoms with Crippen molar-refractivity contribution in [3.63, 3.8) is 0 Å². The van der Waals surface area contributed by atoms with Gasteiger partial charge in [0.2, 0.25) is 0 Å². The molecule has 37 heavy (non-hydrogen) atoms. The van der Waals surface area contributed by atoms with Gasteiger partial charge < -0.3 is 24.6 Å². The summed E-state index contributed by atoms with van der Waals surface area (Å²) in [5.41, 5.74) is 2.35. The molecule has 8 nitrogen and oxygen atoms in total. The molecule has 0 aliphatic heterocycles. The maximum Gasteiger partial charge on any atom is 0.335 e. The van der Waals surface area contributed by atoms with Crippen molar-refractivity contribution >= 4 is 33.9 Å². The van der Waals surface area contributed by atoms with E-state index in [0.717, 1.165) is 11.1 Å². The van der Waals surface area contributed by atoms with Crippen LogP contribution in [0.25, 0.3) is 6.08 Å². The van der Waals surface area contributed by atoms with Gasteiger partial charge in [-0.1, -0.05) is 40.2 Å². The van der Waals surface area contributed by atoms with Crippen molar-refractivity contribution in [3.05, 3.63) is 93.0 Å². The molecule has 0 atom stereocenters. The molecule has 0 heterocycles. The molecular weight excluding hydrogens is 540 g/mol. The Morgan fingerprint density at radius 3 is 2.27 bits per heavy atom. The number of amides is 1. The number of nitriles is 1. The fourth-order valence-electron chi connectivity index (χ4n) is 3.27. The van der Waals surface area contributed by atoms with Crippen molar-refractivity contribution < 1.29 is 28.9 Å². The normalized spacial score (nSPS) is 10.8.